The van der Waals surface area contributed by atoms with Crippen molar-refractivity contribution in [3.8, 4) is 0 Å². The molecule has 0 radical (unpaired) electrons. The summed E-state index contributed by atoms with van der Waals surface area (Å²) in [5.41, 5.74) is 8.25. The van der Waals surface area contributed by atoms with Crippen LogP contribution in [0.4, 0.5) is 11.4 Å². The van der Waals surface area contributed by atoms with Crippen LogP contribution in [0.1, 0.15) is 127 Å². The minimum absolute atomic E-state index is 0. The molecule has 0 N–H and O–H groups in total. The van der Waals surface area contributed by atoms with Gasteiger partial charge in [-0.1, -0.05) is 91.8 Å². The SMILES string of the molecule is C.C.C.C.C.CC(=O)OCC1=CC2=C(C1)C(=O)C=CC2=O.CC(=O)OCC1=CC=C([N+](=O)[O-])C1.CC(=O)OCC1=CCC2=C1C(=O)C=CC2=O.CC(=O)OCc1ccc(C2=CC=C([N+](=O)[O-])C2)cc1.CC(=O)OCc1ccc([N+](=O)[O-])cc1.CC(=O)OCc1ccccc1[N+](=O)[O-]. The first-order chi connectivity index (χ1) is 43.5. The van der Waals surface area contributed by atoms with E-state index in [1.807, 2.05) is 24.3 Å². The second kappa shape index (κ2) is 43.1. The number of benzene rings is 3. The van der Waals surface area contributed by atoms with Crippen molar-refractivity contribution in [1.82, 2.24) is 0 Å². The Bertz CT molecular complexity index is 3800. The van der Waals surface area contributed by atoms with E-state index < -0.39 is 26.7 Å². The average molecular weight is 1350 g/mol. The van der Waals surface area contributed by atoms with Gasteiger partial charge in [0.15, 0.2) is 23.1 Å². The molecule has 0 unspecified atom stereocenters. The average Bonchev–Trinajstić information content (AvgIpc) is 1.67. The lowest BCUT2D eigenvalue weighted by molar-refractivity contribution is -0.426. The van der Waals surface area contributed by atoms with Crippen LogP contribution in [-0.2, 0) is 96.2 Å². The number of nitro groups is 4. The highest BCUT2D eigenvalue weighted by atomic mass is 16.6. The molecule has 97 heavy (non-hydrogen) atoms. The number of para-hydroxylation sites is 1. The molecule has 28 nitrogen and oxygen atoms in total. The molecule has 0 amide bonds. The standard InChI is InChI=1S/C14H13NO4.2C12H10O4.2C9H9NO4.C8H9NO4.5CH4/c1-10(16)19-9-11-2-4-12(5-3-11)13-6-7-14(8-13)15(17)18;1-7(13)16-6-8-4-9-10(5-8)12(15)3-2-11(9)14;1-7(13)16-6-8-2-3-9-10(14)4-5-11(15)12(8)9;1-7(11)14-6-8-2-4-9(5-3-8)10(12)13;1-7(11)14-6-8-4-2-3-5-9(8)10(12)13;1-6(10)13-5-7-2-3-8(4-7)9(11)12;;;;;/h2-7H,8-9H2,1H3;2-4H,5-6H2,1H3;2,4-5H,3,6H2,1H3;2*2-5H,6H2,1H3;2-3H,4-5H2,1H3;5*1H4. The van der Waals surface area contributed by atoms with Crippen LogP contribution in [0.2, 0.25) is 0 Å². The largest absolute Gasteiger partial charge is 0.461 e. The fourth-order valence-corrected chi connectivity index (χ4v) is 8.24. The smallest absolute Gasteiger partial charge is 0.302 e. The normalized spacial score (nSPS) is 13.6. The van der Waals surface area contributed by atoms with Gasteiger partial charge in [-0.2, -0.15) is 0 Å². The summed E-state index contributed by atoms with van der Waals surface area (Å²) in [6.45, 7) is 8.53. The molecule has 28 heteroatoms. The maximum atomic E-state index is 11.6. The lowest BCUT2D eigenvalue weighted by Crippen LogP contribution is -2.15. The van der Waals surface area contributed by atoms with Crippen molar-refractivity contribution >= 4 is 75.9 Å². The van der Waals surface area contributed by atoms with Crippen molar-refractivity contribution in [2.75, 3.05) is 19.8 Å². The zero-order valence-electron chi connectivity index (χ0n) is 50.4. The van der Waals surface area contributed by atoms with Crippen LogP contribution in [-0.4, -0.2) is 98.5 Å². The van der Waals surface area contributed by atoms with E-state index >= 15 is 0 Å². The molecule has 0 aromatic heterocycles. The summed E-state index contributed by atoms with van der Waals surface area (Å²) in [6.07, 6.45) is 16.3. The quantitative estimate of drug-likeness (QED) is 0.0398. The van der Waals surface area contributed by atoms with E-state index in [2.05, 4.69) is 4.74 Å². The number of hydrogen-bond acceptors (Lipinski definition) is 24. The molecule has 6 aliphatic rings. The van der Waals surface area contributed by atoms with Gasteiger partial charge in [-0.3, -0.25) is 88.4 Å². The molecule has 0 fully saturated rings. The van der Waals surface area contributed by atoms with Crippen LogP contribution in [0.5, 0.6) is 0 Å². The Kier molecular flexibility index (Phi) is 38.8. The maximum Gasteiger partial charge on any atom is 0.302 e. The van der Waals surface area contributed by atoms with Crippen molar-refractivity contribution in [1.29, 1.82) is 0 Å². The van der Waals surface area contributed by atoms with Gasteiger partial charge in [0.25, 0.3) is 17.1 Å². The maximum absolute atomic E-state index is 11.6. The van der Waals surface area contributed by atoms with Crippen LogP contribution >= 0.6 is 0 Å². The Labute approximate surface area is 560 Å². The molecule has 9 rings (SSSR count). The Morgan fingerprint density at radius 1 is 0.423 bits per heavy atom. The van der Waals surface area contributed by atoms with Crippen molar-refractivity contribution < 1.29 is 96.1 Å². The highest BCUT2D eigenvalue weighted by Crippen LogP contribution is 2.33. The van der Waals surface area contributed by atoms with Gasteiger partial charge in [-0.05, 0) is 94.0 Å². The Hall–Kier alpha value is -11.8. The van der Waals surface area contributed by atoms with Gasteiger partial charge in [0.2, 0.25) is 5.70 Å². The summed E-state index contributed by atoms with van der Waals surface area (Å²) in [4.78, 5) is 149. The number of nitro benzene ring substituents is 2. The van der Waals surface area contributed by atoms with Crippen molar-refractivity contribution in [3.05, 3.63) is 247 Å². The van der Waals surface area contributed by atoms with Crippen molar-refractivity contribution in [2.24, 2.45) is 0 Å². The van der Waals surface area contributed by atoms with Gasteiger partial charge in [-0.15, -0.1) is 0 Å². The number of esters is 6. The summed E-state index contributed by atoms with van der Waals surface area (Å²) in [5, 5.41) is 41.7. The summed E-state index contributed by atoms with van der Waals surface area (Å²) >= 11 is 0. The van der Waals surface area contributed by atoms with Crippen LogP contribution in [0, 0.1) is 40.5 Å². The van der Waals surface area contributed by atoms with E-state index in [0.29, 0.717) is 52.7 Å². The van der Waals surface area contributed by atoms with Crippen LogP contribution in [0.25, 0.3) is 5.57 Å². The van der Waals surface area contributed by atoms with E-state index in [4.69, 9.17) is 23.7 Å². The lowest BCUT2D eigenvalue weighted by atomic mass is 9.94. The number of nitrogens with zero attached hydrogens (tertiary/aromatic N) is 4. The molecule has 0 saturated heterocycles. The zero-order chi connectivity index (χ0) is 68.2. The molecule has 3 aromatic carbocycles. The summed E-state index contributed by atoms with van der Waals surface area (Å²) in [6, 6.07) is 19.5. The molecule has 0 saturated carbocycles. The monoisotopic (exact) mass is 1350 g/mol. The van der Waals surface area contributed by atoms with Gasteiger partial charge in [0.1, 0.15) is 39.6 Å². The van der Waals surface area contributed by atoms with E-state index in [9.17, 15) is 88.4 Å². The predicted octanol–water partition coefficient (Wildman–Crippen LogP) is 12.0. The number of rotatable bonds is 17. The topological polar surface area (TPSA) is 399 Å². The molecular weight excluding hydrogens is 1270 g/mol. The van der Waals surface area contributed by atoms with Crippen molar-refractivity contribution in [2.45, 2.75) is 124 Å². The number of ketones is 4. The van der Waals surface area contributed by atoms with Gasteiger partial charge in [0.05, 0.1) is 38.1 Å². The first kappa shape index (κ1) is 87.2. The van der Waals surface area contributed by atoms with E-state index in [1.54, 1.807) is 54.6 Å². The number of ether oxygens (including phenoxy) is 6. The molecule has 520 valence electrons. The number of non-ortho nitro benzene ring substituents is 1. The minimum atomic E-state index is -0.501. The predicted molar refractivity (Wildman–Crippen MR) is 356 cm³/mol. The molecule has 6 aliphatic carbocycles. The molecule has 0 atom stereocenters. The third kappa shape index (κ3) is 29.8. The Morgan fingerprint density at radius 2 is 0.856 bits per heavy atom. The molecule has 0 spiro atoms. The molecule has 0 aliphatic heterocycles. The minimum Gasteiger partial charge on any atom is -0.461 e. The van der Waals surface area contributed by atoms with Crippen LogP contribution < -0.4 is 0 Å². The second-order valence-corrected chi connectivity index (χ2v) is 19.7. The fourth-order valence-electron chi connectivity index (χ4n) is 8.24. The van der Waals surface area contributed by atoms with Gasteiger partial charge in [0, 0.05) is 101 Å². The highest BCUT2D eigenvalue weighted by Gasteiger charge is 2.30. The van der Waals surface area contributed by atoms with Crippen LogP contribution in [0.3, 0.4) is 0 Å². The molecule has 0 heterocycles. The summed E-state index contributed by atoms with van der Waals surface area (Å²) in [5.74, 6) is -2.92. The van der Waals surface area contributed by atoms with Crippen LogP contribution in [0.15, 0.2) is 184 Å². The van der Waals surface area contributed by atoms with Gasteiger partial charge in [-0.25, -0.2) is 0 Å². The highest BCUT2D eigenvalue weighted by molar-refractivity contribution is 6.23. The third-order valence-electron chi connectivity index (χ3n) is 12.7. The lowest BCUT2D eigenvalue weighted by Gasteiger charge is -2.10. The number of allylic oxidation sites excluding steroid dienone is 15. The first-order valence-electron chi connectivity index (χ1n) is 27.3. The van der Waals surface area contributed by atoms with E-state index in [0.717, 1.165) is 33.4 Å². The molecular formula is C69H80N4O24. The number of carbonyl (C=O) groups is 10. The van der Waals surface area contributed by atoms with Gasteiger partial charge >= 0.3 is 35.8 Å². The Morgan fingerprint density at radius 3 is 1.33 bits per heavy atom. The zero-order valence-corrected chi connectivity index (χ0v) is 50.4. The van der Waals surface area contributed by atoms with E-state index in [1.165, 1.54) is 96.2 Å². The second-order valence-electron chi connectivity index (χ2n) is 19.7. The van der Waals surface area contributed by atoms with Gasteiger partial charge < -0.3 is 28.4 Å². The van der Waals surface area contributed by atoms with E-state index in [-0.39, 0.29) is 158 Å². The molecule has 3 aromatic rings. The fraction of sp³-hybridized carbons (Fsp3) is 0.304. The summed E-state index contributed by atoms with van der Waals surface area (Å²) < 4.78 is 28.6. The summed E-state index contributed by atoms with van der Waals surface area (Å²) in [7, 11) is 0. The van der Waals surface area contributed by atoms with Crippen molar-refractivity contribution in [3.63, 3.8) is 0 Å². The third-order valence-corrected chi connectivity index (χ3v) is 12.7. The molecule has 0 bridgehead atoms. The first-order valence-corrected chi connectivity index (χ1v) is 27.3. The number of carbonyl (C=O) groups excluding carboxylic acids is 10. The Balaban J connectivity index is 0. The number of hydrogen-bond donors (Lipinski definition) is 0.